The minimum atomic E-state index is -2.46. The van der Waals surface area contributed by atoms with Crippen molar-refractivity contribution in [3.63, 3.8) is 0 Å². The van der Waals surface area contributed by atoms with Crippen LogP contribution in [0.3, 0.4) is 0 Å². The molecule has 2 aliphatic carbocycles. The molecule has 6 rings (SSSR count). The third-order valence-electron chi connectivity index (χ3n) is 6.59. The van der Waals surface area contributed by atoms with Crippen molar-refractivity contribution in [3.05, 3.63) is 147 Å². The number of benzene rings is 4. The summed E-state index contributed by atoms with van der Waals surface area (Å²) in [4.78, 5) is 0. The summed E-state index contributed by atoms with van der Waals surface area (Å²) in [6, 6.07) is 38.3. The van der Waals surface area contributed by atoms with Crippen LogP contribution in [0.4, 0.5) is 0 Å². The van der Waals surface area contributed by atoms with Crippen molar-refractivity contribution in [2.45, 2.75) is 12.8 Å². The smallest absolute Gasteiger partial charge is 0.147 e. The third kappa shape index (κ3) is 4.50. The molecule has 0 amide bonds. The normalized spacial score (nSPS) is 12.6. The van der Waals surface area contributed by atoms with Crippen LogP contribution in [-0.4, -0.2) is 3.21 Å². The first-order valence-electron chi connectivity index (χ1n) is 11.3. The fraction of sp³-hybridized carbons (Fsp3) is 0.0645. The molecule has 4 aromatic carbocycles. The number of hydrogen-bond acceptors (Lipinski definition) is 0. The van der Waals surface area contributed by atoms with Gasteiger partial charge < -0.3 is 0 Å². The Kier molecular flexibility index (Phi) is 8.00. The second kappa shape index (κ2) is 11.0. The first-order valence-corrected chi connectivity index (χ1v) is 15.0. The molecule has 0 atom stereocenters. The molecule has 3 heteroatoms. The Bertz CT molecular complexity index is 1360. The summed E-state index contributed by atoms with van der Waals surface area (Å²) in [5.41, 5.74) is 8.68. The van der Waals surface area contributed by atoms with Crippen molar-refractivity contribution in [2.24, 2.45) is 0 Å². The van der Waals surface area contributed by atoms with Crippen LogP contribution in [0.5, 0.6) is 0 Å². The minimum Gasteiger partial charge on any atom is -0.147 e. The quantitative estimate of drug-likeness (QED) is 0.214. The van der Waals surface area contributed by atoms with Gasteiger partial charge in [0, 0.05) is 0 Å². The second-order valence-electron chi connectivity index (χ2n) is 8.47. The average Bonchev–Trinajstić information content (AvgIpc) is 3.52. The SMILES string of the molecule is C1=CC[C]([Zr](=[C](c2ccccc2)c2ccccc2)[c]2cccc3c2Cc2ccccc2-3)=C1.Cl.Cl. The summed E-state index contributed by atoms with van der Waals surface area (Å²) in [5.74, 6) is 0. The molecule has 0 saturated heterocycles. The van der Waals surface area contributed by atoms with Crippen LogP contribution in [0.25, 0.3) is 11.1 Å². The second-order valence-corrected chi connectivity index (χ2v) is 14.4. The van der Waals surface area contributed by atoms with Gasteiger partial charge in [-0.2, -0.15) is 0 Å². The molecular weight excluding hydrogens is 534 g/mol. The molecule has 0 aliphatic heterocycles. The van der Waals surface area contributed by atoms with E-state index in [-0.39, 0.29) is 24.8 Å². The van der Waals surface area contributed by atoms with Crippen LogP contribution in [0.1, 0.15) is 28.7 Å². The average molecular weight is 561 g/mol. The number of fused-ring (bicyclic) bond motifs is 3. The Morgan fingerprint density at radius 3 is 1.88 bits per heavy atom. The van der Waals surface area contributed by atoms with E-state index in [4.69, 9.17) is 0 Å². The summed E-state index contributed by atoms with van der Waals surface area (Å²) >= 11 is -2.46. The fourth-order valence-electron chi connectivity index (χ4n) is 5.16. The molecule has 4 aromatic rings. The maximum Gasteiger partial charge on any atom is -0.147 e. The number of hydrogen-bond donors (Lipinski definition) is 0. The van der Waals surface area contributed by atoms with Gasteiger partial charge in [-0.3, -0.25) is 0 Å². The first kappa shape index (κ1) is 24.8. The molecule has 0 spiro atoms. The number of halogens is 2. The van der Waals surface area contributed by atoms with Crippen LogP contribution >= 0.6 is 24.8 Å². The maximum absolute atomic E-state index is 2.46. The zero-order chi connectivity index (χ0) is 21.3. The van der Waals surface area contributed by atoms with E-state index in [1.54, 1.807) is 15.3 Å². The van der Waals surface area contributed by atoms with Crippen LogP contribution in [0.15, 0.2) is 125 Å². The van der Waals surface area contributed by atoms with Gasteiger partial charge in [-0.05, 0) is 0 Å². The summed E-state index contributed by atoms with van der Waals surface area (Å²) in [7, 11) is 0. The van der Waals surface area contributed by atoms with Gasteiger partial charge in [0.1, 0.15) is 0 Å². The van der Waals surface area contributed by atoms with Crippen molar-refractivity contribution >= 4 is 31.3 Å². The van der Waals surface area contributed by atoms with E-state index in [1.165, 1.54) is 27.8 Å². The van der Waals surface area contributed by atoms with Crippen LogP contribution < -0.4 is 3.27 Å². The third-order valence-corrected chi connectivity index (χ3v) is 14.2. The van der Waals surface area contributed by atoms with Gasteiger partial charge in [-0.1, -0.05) is 0 Å². The zero-order valence-electron chi connectivity index (χ0n) is 18.8. The van der Waals surface area contributed by atoms with E-state index in [2.05, 4.69) is 121 Å². The molecule has 34 heavy (non-hydrogen) atoms. The molecule has 0 nitrogen and oxygen atoms in total. The standard InChI is InChI=1S/C13H9.C13H10.C5H5.2ClH.Zr/c1-3-7-12-10(5-1)9-11-6-2-4-8-13(11)12;1-3-7-12(8-4-1)11-13-9-5-2-6-10-13;1-2-4-5-3-1;;;/h1-5,7-8H,9H2;1-10H;1-3H,4H2;2*1H;. The van der Waals surface area contributed by atoms with Gasteiger partial charge in [0.2, 0.25) is 0 Å². The van der Waals surface area contributed by atoms with E-state index < -0.39 is 21.3 Å². The van der Waals surface area contributed by atoms with Gasteiger partial charge in [-0.15, -0.1) is 24.8 Å². The van der Waals surface area contributed by atoms with E-state index in [0.29, 0.717) is 0 Å². The topological polar surface area (TPSA) is 0 Å². The van der Waals surface area contributed by atoms with Crippen molar-refractivity contribution in [2.75, 3.05) is 0 Å². The van der Waals surface area contributed by atoms with Gasteiger partial charge in [-0.25, -0.2) is 0 Å². The Labute approximate surface area is 222 Å². The van der Waals surface area contributed by atoms with Crippen LogP contribution in [0.2, 0.25) is 0 Å². The predicted molar refractivity (Wildman–Crippen MR) is 147 cm³/mol. The molecule has 0 radical (unpaired) electrons. The summed E-state index contributed by atoms with van der Waals surface area (Å²) in [6.07, 6.45) is 9.17. The minimum absolute atomic E-state index is 0. The molecule has 0 N–H and O–H groups in total. The molecule has 168 valence electrons. The molecule has 0 bridgehead atoms. The van der Waals surface area contributed by atoms with E-state index in [1.807, 2.05) is 0 Å². The molecule has 0 aromatic heterocycles. The van der Waals surface area contributed by atoms with E-state index in [9.17, 15) is 0 Å². The molecule has 0 heterocycles. The summed E-state index contributed by atoms with van der Waals surface area (Å²) < 4.78 is 4.89. The van der Waals surface area contributed by atoms with Gasteiger partial charge in [0.05, 0.1) is 0 Å². The molecule has 2 aliphatic rings. The van der Waals surface area contributed by atoms with Crippen molar-refractivity contribution in [1.82, 2.24) is 0 Å². The fourth-order valence-corrected chi connectivity index (χ4v) is 13.1. The Morgan fingerprint density at radius 1 is 0.618 bits per heavy atom. The largest absolute Gasteiger partial charge is 0.147 e. The van der Waals surface area contributed by atoms with Gasteiger partial charge in [0.25, 0.3) is 0 Å². The number of rotatable bonds is 4. The molecule has 0 unspecified atom stereocenters. The van der Waals surface area contributed by atoms with Crippen molar-refractivity contribution < 1.29 is 21.3 Å². The first-order chi connectivity index (χ1) is 15.9. The zero-order valence-corrected chi connectivity index (χ0v) is 22.9. The maximum atomic E-state index is 2.45. The molecule has 0 saturated carbocycles. The Morgan fingerprint density at radius 2 is 1.24 bits per heavy atom. The Hall–Kier alpha value is -2.31. The number of allylic oxidation sites excluding steroid dienone is 4. The van der Waals surface area contributed by atoms with E-state index in [0.717, 1.165) is 12.8 Å². The van der Waals surface area contributed by atoms with Crippen molar-refractivity contribution in [1.29, 1.82) is 0 Å². The molecular formula is C31H26Cl2Zr. The molecule has 0 fully saturated rings. The van der Waals surface area contributed by atoms with Crippen LogP contribution in [-0.2, 0) is 27.7 Å². The van der Waals surface area contributed by atoms with E-state index >= 15 is 0 Å². The Balaban J connectivity index is 0.00000137. The van der Waals surface area contributed by atoms with Crippen molar-refractivity contribution in [3.8, 4) is 11.1 Å². The predicted octanol–water partition coefficient (Wildman–Crippen LogP) is 7.46. The van der Waals surface area contributed by atoms with Gasteiger partial charge >= 0.3 is 199 Å². The van der Waals surface area contributed by atoms with Gasteiger partial charge in [0.15, 0.2) is 0 Å². The summed E-state index contributed by atoms with van der Waals surface area (Å²) in [5, 5.41) is 0. The summed E-state index contributed by atoms with van der Waals surface area (Å²) in [6.45, 7) is 0. The monoisotopic (exact) mass is 558 g/mol. The van der Waals surface area contributed by atoms with Crippen LogP contribution in [0, 0.1) is 0 Å².